The number of amides is 1. The van der Waals surface area contributed by atoms with Gasteiger partial charge in [0.15, 0.2) is 0 Å². The molecule has 1 aromatic heterocycles. The molecule has 1 aliphatic heterocycles. The molecule has 92 valence electrons. The maximum absolute atomic E-state index is 11.7. The van der Waals surface area contributed by atoms with Gasteiger partial charge in [0.05, 0.1) is 12.4 Å². The van der Waals surface area contributed by atoms with E-state index in [-0.39, 0.29) is 5.91 Å². The molecule has 2 heterocycles. The van der Waals surface area contributed by atoms with E-state index in [0.717, 1.165) is 25.4 Å². The van der Waals surface area contributed by atoms with Crippen LogP contribution in [0.5, 0.6) is 0 Å². The highest BCUT2D eigenvalue weighted by atomic mass is 16.2. The highest BCUT2D eigenvalue weighted by Gasteiger charge is 2.32. The van der Waals surface area contributed by atoms with E-state index in [0.29, 0.717) is 12.5 Å². The van der Waals surface area contributed by atoms with Crippen LogP contribution in [0.2, 0.25) is 0 Å². The van der Waals surface area contributed by atoms with Crippen LogP contribution in [0.3, 0.4) is 0 Å². The van der Waals surface area contributed by atoms with Gasteiger partial charge in [-0.3, -0.25) is 4.79 Å². The van der Waals surface area contributed by atoms with Crippen LogP contribution in [0.25, 0.3) is 0 Å². The number of hydrogen-bond donors (Lipinski definition) is 0. The van der Waals surface area contributed by atoms with Crippen molar-refractivity contribution >= 4 is 5.91 Å². The molecule has 0 bridgehead atoms. The van der Waals surface area contributed by atoms with Crippen molar-refractivity contribution in [3.05, 3.63) is 18.2 Å². The van der Waals surface area contributed by atoms with Gasteiger partial charge in [-0.15, -0.1) is 0 Å². The molecule has 4 nitrogen and oxygen atoms in total. The number of hydrogen-bond acceptors (Lipinski definition) is 2. The minimum absolute atomic E-state index is 0.278. The first-order valence-electron chi connectivity index (χ1n) is 6.59. The van der Waals surface area contributed by atoms with E-state index in [4.69, 9.17) is 0 Å². The van der Waals surface area contributed by atoms with Gasteiger partial charge >= 0.3 is 0 Å². The van der Waals surface area contributed by atoms with Gasteiger partial charge in [0, 0.05) is 37.3 Å². The summed E-state index contributed by atoms with van der Waals surface area (Å²) in [4.78, 5) is 17.9. The van der Waals surface area contributed by atoms with Crippen LogP contribution < -0.4 is 0 Å². The molecule has 0 aromatic carbocycles. The van der Waals surface area contributed by atoms with Crippen LogP contribution in [-0.2, 0) is 4.79 Å². The van der Waals surface area contributed by atoms with Crippen LogP contribution in [0.1, 0.15) is 50.3 Å². The normalized spacial score (nSPS) is 24.3. The van der Waals surface area contributed by atoms with Crippen molar-refractivity contribution in [3.63, 3.8) is 0 Å². The molecule has 2 aliphatic rings. The van der Waals surface area contributed by atoms with E-state index in [1.54, 1.807) is 0 Å². The maximum Gasteiger partial charge on any atom is 0.222 e. The molecular weight excluding hydrogens is 214 g/mol. The number of imidazole rings is 1. The van der Waals surface area contributed by atoms with Crippen molar-refractivity contribution in [2.24, 2.45) is 0 Å². The standard InChI is InChI=1S/C13H19N3O/c1-2-13(17)15-6-5-11(8-15)16-9-14-7-12(16)10-3-4-10/h7,9-11H,2-6,8H2,1H3. The summed E-state index contributed by atoms with van der Waals surface area (Å²) in [6.45, 7) is 3.70. The largest absolute Gasteiger partial charge is 0.341 e. The monoisotopic (exact) mass is 233 g/mol. The second kappa shape index (κ2) is 4.17. The van der Waals surface area contributed by atoms with Crippen molar-refractivity contribution in [3.8, 4) is 0 Å². The maximum atomic E-state index is 11.7. The highest BCUT2D eigenvalue weighted by molar-refractivity contribution is 5.76. The van der Waals surface area contributed by atoms with Gasteiger partial charge in [-0.05, 0) is 19.3 Å². The fraction of sp³-hybridized carbons (Fsp3) is 0.692. The summed E-state index contributed by atoms with van der Waals surface area (Å²) in [5.74, 6) is 1.01. The van der Waals surface area contributed by atoms with Gasteiger partial charge in [-0.2, -0.15) is 0 Å². The molecule has 3 rings (SSSR count). The zero-order valence-corrected chi connectivity index (χ0v) is 10.3. The molecule has 0 N–H and O–H groups in total. The molecule has 4 heteroatoms. The fourth-order valence-electron chi connectivity index (χ4n) is 2.73. The lowest BCUT2D eigenvalue weighted by Crippen LogP contribution is -2.28. The third kappa shape index (κ3) is 1.96. The van der Waals surface area contributed by atoms with Crippen molar-refractivity contribution in [2.75, 3.05) is 13.1 Å². The molecule has 0 spiro atoms. The Balaban J connectivity index is 1.73. The molecule has 1 saturated heterocycles. The van der Waals surface area contributed by atoms with Crippen LogP contribution in [0.15, 0.2) is 12.5 Å². The van der Waals surface area contributed by atoms with Crippen LogP contribution in [0, 0.1) is 0 Å². The molecule has 1 aliphatic carbocycles. The second-order valence-corrected chi connectivity index (χ2v) is 5.14. The van der Waals surface area contributed by atoms with E-state index in [1.807, 2.05) is 24.3 Å². The Morgan fingerprint density at radius 1 is 1.47 bits per heavy atom. The number of nitrogens with zero attached hydrogens (tertiary/aromatic N) is 3. The quantitative estimate of drug-likeness (QED) is 0.800. The number of likely N-dealkylation sites (tertiary alicyclic amines) is 1. The molecule has 1 unspecified atom stereocenters. The highest BCUT2D eigenvalue weighted by Crippen LogP contribution is 2.41. The molecular formula is C13H19N3O. The summed E-state index contributed by atoms with van der Waals surface area (Å²) in [6, 6.07) is 0.448. The number of carbonyl (C=O) groups excluding carboxylic acids is 1. The van der Waals surface area contributed by atoms with E-state index in [1.165, 1.54) is 18.5 Å². The average molecular weight is 233 g/mol. The first-order chi connectivity index (χ1) is 8.29. The molecule has 17 heavy (non-hydrogen) atoms. The summed E-state index contributed by atoms with van der Waals surface area (Å²) in [7, 11) is 0. The fourth-order valence-corrected chi connectivity index (χ4v) is 2.73. The van der Waals surface area contributed by atoms with Gasteiger partial charge in [0.1, 0.15) is 0 Å². The lowest BCUT2D eigenvalue weighted by atomic mass is 10.2. The van der Waals surface area contributed by atoms with Crippen LogP contribution in [-0.4, -0.2) is 33.4 Å². The topological polar surface area (TPSA) is 38.1 Å². The first kappa shape index (κ1) is 10.8. The predicted octanol–water partition coefficient (Wildman–Crippen LogP) is 1.94. The molecule has 1 aromatic rings. The number of rotatable bonds is 3. The Morgan fingerprint density at radius 3 is 3.00 bits per heavy atom. The summed E-state index contributed by atoms with van der Waals surface area (Å²) < 4.78 is 2.31. The molecule has 1 amide bonds. The van der Waals surface area contributed by atoms with Crippen molar-refractivity contribution in [2.45, 2.75) is 44.6 Å². The summed E-state index contributed by atoms with van der Waals surface area (Å²) in [6.07, 6.45) is 8.24. The van der Waals surface area contributed by atoms with Crippen LogP contribution >= 0.6 is 0 Å². The molecule has 0 radical (unpaired) electrons. The number of carbonyl (C=O) groups is 1. The van der Waals surface area contributed by atoms with Gasteiger partial charge in [-0.25, -0.2) is 4.98 Å². The van der Waals surface area contributed by atoms with E-state index >= 15 is 0 Å². The minimum Gasteiger partial charge on any atom is -0.341 e. The zero-order valence-electron chi connectivity index (χ0n) is 10.3. The zero-order chi connectivity index (χ0) is 11.8. The summed E-state index contributed by atoms with van der Waals surface area (Å²) in [5.41, 5.74) is 1.38. The van der Waals surface area contributed by atoms with Gasteiger partial charge in [0.2, 0.25) is 5.91 Å². The minimum atomic E-state index is 0.278. The summed E-state index contributed by atoms with van der Waals surface area (Å²) in [5, 5.41) is 0. The Kier molecular flexibility index (Phi) is 2.65. The Morgan fingerprint density at radius 2 is 2.29 bits per heavy atom. The van der Waals surface area contributed by atoms with Gasteiger partial charge < -0.3 is 9.47 Å². The van der Waals surface area contributed by atoms with Crippen molar-refractivity contribution < 1.29 is 4.79 Å². The third-order valence-corrected chi connectivity index (χ3v) is 3.90. The van der Waals surface area contributed by atoms with Crippen LogP contribution in [0.4, 0.5) is 0 Å². The first-order valence-corrected chi connectivity index (χ1v) is 6.59. The van der Waals surface area contributed by atoms with Gasteiger partial charge in [-0.1, -0.05) is 6.92 Å². The van der Waals surface area contributed by atoms with E-state index in [9.17, 15) is 4.79 Å². The van der Waals surface area contributed by atoms with E-state index < -0.39 is 0 Å². The molecule has 1 atom stereocenters. The smallest absolute Gasteiger partial charge is 0.222 e. The summed E-state index contributed by atoms with van der Waals surface area (Å²) >= 11 is 0. The Hall–Kier alpha value is -1.32. The number of aromatic nitrogens is 2. The van der Waals surface area contributed by atoms with Gasteiger partial charge in [0.25, 0.3) is 0 Å². The Bertz CT molecular complexity index is 422. The predicted molar refractivity (Wildman–Crippen MR) is 64.7 cm³/mol. The SMILES string of the molecule is CCC(=O)N1CCC(n2cncc2C2CC2)C1. The molecule has 1 saturated carbocycles. The van der Waals surface area contributed by atoms with Crippen molar-refractivity contribution in [1.29, 1.82) is 0 Å². The third-order valence-electron chi connectivity index (χ3n) is 3.90. The van der Waals surface area contributed by atoms with E-state index in [2.05, 4.69) is 9.55 Å². The average Bonchev–Trinajstić information content (AvgIpc) is 2.91. The lowest BCUT2D eigenvalue weighted by molar-refractivity contribution is -0.129. The lowest BCUT2D eigenvalue weighted by Gasteiger charge is -2.17. The van der Waals surface area contributed by atoms with Crippen molar-refractivity contribution in [1.82, 2.24) is 14.5 Å². The molecule has 2 fully saturated rings. The Labute approximate surface area is 102 Å². The second-order valence-electron chi connectivity index (χ2n) is 5.14.